The number of hydrogen-bond donors (Lipinski definition) is 3. The third-order valence-electron chi connectivity index (χ3n) is 6.69. The second-order valence-corrected chi connectivity index (χ2v) is 12.1. The minimum Gasteiger partial charge on any atom is -0.444 e. The molecule has 208 valence electrons. The maximum atomic E-state index is 12.5. The van der Waals surface area contributed by atoms with Crippen LogP contribution < -0.4 is 16.8 Å². The van der Waals surface area contributed by atoms with Crippen LogP contribution in [0.3, 0.4) is 0 Å². The number of imidazole rings is 2. The first-order chi connectivity index (χ1) is 18.5. The first-order valence-electron chi connectivity index (χ1n) is 12.8. The minimum atomic E-state index is -0.520. The number of nitrogens with two attached hydrogens (primary N) is 2. The van der Waals surface area contributed by atoms with Gasteiger partial charge in [0.25, 0.3) is 0 Å². The minimum absolute atomic E-state index is 0.134. The lowest BCUT2D eigenvalue weighted by Crippen LogP contribution is -2.36. The Kier molecular flexibility index (Phi) is 7.71. The fraction of sp³-hybridized carbons (Fsp3) is 0.480. The van der Waals surface area contributed by atoms with Gasteiger partial charge in [0.15, 0.2) is 11.6 Å². The molecule has 0 radical (unpaired) electrons. The molecule has 2 fully saturated rings. The Morgan fingerprint density at radius 2 is 1.56 bits per heavy atom. The number of rotatable bonds is 2. The number of fused-ring (bicyclic) bond motifs is 2. The monoisotopic (exact) mass is 662 g/mol. The van der Waals surface area contributed by atoms with Crippen LogP contribution in [0.5, 0.6) is 0 Å². The largest absolute Gasteiger partial charge is 0.444 e. The van der Waals surface area contributed by atoms with E-state index in [-0.39, 0.29) is 12.1 Å². The highest BCUT2D eigenvalue weighted by molar-refractivity contribution is 9.10. The van der Waals surface area contributed by atoms with Gasteiger partial charge in [-0.15, -0.1) is 0 Å². The Morgan fingerprint density at radius 3 is 2.13 bits per heavy atom. The fourth-order valence-corrected chi connectivity index (χ4v) is 6.20. The number of nitrogens with one attached hydrogen (secondary N) is 1. The Labute approximate surface area is 242 Å². The summed E-state index contributed by atoms with van der Waals surface area (Å²) in [5, 5.41) is 3.43. The van der Waals surface area contributed by atoms with Crippen LogP contribution in [0.2, 0.25) is 0 Å². The molecule has 5 N–H and O–H groups in total. The molecule has 0 saturated carbocycles. The average Bonchev–Trinajstić information content (AvgIpc) is 3.65. The van der Waals surface area contributed by atoms with Crippen molar-refractivity contribution in [2.75, 3.05) is 24.6 Å². The highest BCUT2D eigenvalue weighted by Crippen LogP contribution is 2.35. The highest BCUT2D eigenvalue weighted by atomic mass is 79.9. The predicted octanol–water partition coefficient (Wildman–Crippen LogP) is 4.64. The van der Waals surface area contributed by atoms with Crippen LogP contribution >= 0.6 is 31.9 Å². The molecule has 0 spiro atoms. The number of hydrogen-bond acceptors (Lipinski definition) is 9. The van der Waals surface area contributed by atoms with E-state index >= 15 is 0 Å². The van der Waals surface area contributed by atoms with Crippen molar-refractivity contribution in [1.29, 1.82) is 0 Å². The number of halogens is 2. The second kappa shape index (κ2) is 10.9. The number of carbonyl (C=O) groups excluding carboxylic acids is 1. The molecule has 4 aromatic rings. The molecule has 0 unspecified atom stereocenters. The molecule has 4 aromatic heterocycles. The molecule has 2 saturated heterocycles. The maximum absolute atomic E-state index is 12.5. The van der Waals surface area contributed by atoms with Crippen molar-refractivity contribution < 1.29 is 9.53 Å². The average molecular weight is 664 g/mol. The van der Waals surface area contributed by atoms with Gasteiger partial charge in [0.05, 0.1) is 12.1 Å². The van der Waals surface area contributed by atoms with Gasteiger partial charge in [0.2, 0.25) is 0 Å². The van der Waals surface area contributed by atoms with Crippen LogP contribution in [0.4, 0.5) is 16.4 Å². The molecule has 1 amide bonds. The third kappa shape index (κ3) is 5.54. The van der Waals surface area contributed by atoms with Gasteiger partial charge in [-0.1, -0.05) is 0 Å². The number of carbonyl (C=O) groups is 1. The van der Waals surface area contributed by atoms with Crippen LogP contribution in [0.15, 0.2) is 34.0 Å². The number of likely N-dealkylation sites (tertiary alicyclic amines) is 1. The Hall–Kier alpha value is -2.97. The van der Waals surface area contributed by atoms with Crippen molar-refractivity contribution in [3.63, 3.8) is 0 Å². The van der Waals surface area contributed by atoms with E-state index in [4.69, 9.17) is 16.2 Å². The van der Waals surface area contributed by atoms with E-state index in [0.29, 0.717) is 28.8 Å². The summed E-state index contributed by atoms with van der Waals surface area (Å²) in [4.78, 5) is 31.5. The Bertz CT molecular complexity index is 1510. The molecule has 14 heteroatoms. The number of amides is 1. The van der Waals surface area contributed by atoms with E-state index in [0.717, 1.165) is 53.1 Å². The summed E-state index contributed by atoms with van der Waals surface area (Å²) in [6.07, 6.45) is 10.8. The van der Waals surface area contributed by atoms with E-state index in [1.54, 1.807) is 17.3 Å². The molecule has 39 heavy (non-hydrogen) atoms. The fourth-order valence-electron chi connectivity index (χ4n) is 5.05. The predicted molar refractivity (Wildman–Crippen MR) is 155 cm³/mol. The lowest BCUT2D eigenvalue weighted by Gasteiger charge is -2.28. The second-order valence-electron chi connectivity index (χ2n) is 10.6. The van der Waals surface area contributed by atoms with E-state index in [9.17, 15) is 4.79 Å². The zero-order valence-corrected chi connectivity index (χ0v) is 25.2. The van der Waals surface area contributed by atoms with E-state index in [1.165, 1.54) is 6.42 Å². The zero-order chi connectivity index (χ0) is 27.9. The molecule has 2 atom stereocenters. The molecule has 6 heterocycles. The van der Waals surface area contributed by atoms with Crippen LogP contribution in [0.25, 0.3) is 11.0 Å². The lowest BCUT2D eigenvalue weighted by molar-refractivity contribution is 0.0218. The SMILES string of the molecule is CC(C)(C)OC(=O)N1CCC[C@H]1c1nc(Br)c2c(N)nccn12.Nc1nccn2c([C@@H]3CCCN3)nc(Br)c12. The summed E-state index contributed by atoms with van der Waals surface area (Å²) in [6.45, 7) is 7.31. The van der Waals surface area contributed by atoms with Crippen molar-refractivity contribution in [2.45, 2.75) is 64.1 Å². The van der Waals surface area contributed by atoms with Crippen molar-refractivity contribution in [2.24, 2.45) is 0 Å². The highest BCUT2D eigenvalue weighted by Gasteiger charge is 2.36. The first-order valence-corrected chi connectivity index (χ1v) is 14.4. The third-order valence-corrected chi connectivity index (χ3v) is 7.79. The van der Waals surface area contributed by atoms with Crippen molar-refractivity contribution >= 4 is 60.6 Å². The van der Waals surface area contributed by atoms with Gasteiger partial charge >= 0.3 is 6.09 Å². The molecule has 6 rings (SSSR count). The maximum Gasteiger partial charge on any atom is 0.410 e. The Balaban J connectivity index is 0.000000168. The van der Waals surface area contributed by atoms with E-state index < -0.39 is 5.60 Å². The molecular weight excluding hydrogens is 632 g/mol. The molecular formula is C25H32Br2N10O2. The zero-order valence-electron chi connectivity index (χ0n) is 22.1. The van der Waals surface area contributed by atoms with E-state index in [1.807, 2.05) is 42.0 Å². The number of anilines is 2. The van der Waals surface area contributed by atoms with Crippen molar-refractivity contribution in [3.05, 3.63) is 45.6 Å². The molecule has 12 nitrogen and oxygen atoms in total. The molecule has 0 bridgehead atoms. The first kappa shape index (κ1) is 27.6. The van der Waals surface area contributed by atoms with Gasteiger partial charge in [-0.05, 0) is 84.9 Å². The lowest BCUT2D eigenvalue weighted by atomic mass is 10.2. The van der Waals surface area contributed by atoms with Gasteiger partial charge in [-0.2, -0.15) is 0 Å². The number of nitrogens with zero attached hydrogens (tertiary/aromatic N) is 7. The summed E-state index contributed by atoms with van der Waals surface area (Å²) >= 11 is 6.87. The summed E-state index contributed by atoms with van der Waals surface area (Å²) in [5.41, 5.74) is 12.8. The summed E-state index contributed by atoms with van der Waals surface area (Å²) < 4.78 is 10.8. The number of nitrogen functional groups attached to an aromatic ring is 2. The smallest absolute Gasteiger partial charge is 0.410 e. The van der Waals surface area contributed by atoms with Crippen LogP contribution in [0, 0.1) is 0 Å². The van der Waals surface area contributed by atoms with Crippen LogP contribution in [-0.4, -0.2) is 58.4 Å². The van der Waals surface area contributed by atoms with E-state index in [2.05, 4.69) is 57.1 Å². The Morgan fingerprint density at radius 1 is 0.974 bits per heavy atom. The molecule has 0 aromatic carbocycles. The summed E-state index contributed by atoms with van der Waals surface area (Å²) in [6, 6.07) is 0.186. The molecule has 2 aliphatic rings. The molecule has 0 aliphatic carbocycles. The van der Waals surface area contributed by atoms with Crippen LogP contribution in [-0.2, 0) is 4.74 Å². The normalized spacial score (nSPS) is 19.5. The van der Waals surface area contributed by atoms with Crippen molar-refractivity contribution in [3.8, 4) is 0 Å². The molecule has 2 aliphatic heterocycles. The van der Waals surface area contributed by atoms with Gasteiger partial charge in [0.1, 0.15) is 37.5 Å². The standard InChI is InChI=1S/C15H20BrN5O2.C10H12BrN5/c1-15(2,3)23-14(22)20-7-4-5-9(20)13-19-11(16)10-12(17)18-6-8-21(10)13;11-8-7-9(12)14-4-5-16(7)10(15-8)6-2-1-3-13-6/h6,8-9H,4-5,7H2,1-3H3,(H2,17,18);4-6,13H,1-3H2,(H2,12,14)/t9-;6-/m00/s1. The number of aromatic nitrogens is 6. The van der Waals surface area contributed by atoms with Gasteiger partial charge < -0.3 is 21.5 Å². The van der Waals surface area contributed by atoms with Gasteiger partial charge in [0, 0.05) is 31.3 Å². The quantitative estimate of drug-likeness (QED) is 0.278. The van der Waals surface area contributed by atoms with Crippen LogP contribution in [0.1, 0.15) is 70.2 Å². The topological polar surface area (TPSA) is 154 Å². The van der Waals surface area contributed by atoms with Crippen molar-refractivity contribution in [1.82, 2.24) is 39.0 Å². The van der Waals surface area contributed by atoms with Gasteiger partial charge in [-0.3, -0.25) is 13.7 Å². The summed E-state index contributed by atoms with van der Waals surface area (Å²) in [5.74, 6) is 2.68. The van der Waals surface area contributed by atoms with Gasteiger partial charge in [-0.25, -0.2) is 24.7 Å². The summed E-state index contributed by atoms with van der Waals surface area (Å²) in [7, 11) is 0. The number of ether oxygens (including phenoxy) is 1.